The van der Waals surface area contributed by atoms with E-state index in [1.807, 2.05) is 24.3 Å². The molecule has 4 aromatic rings. The summed E-state index contributed by atoms with van der Waals surface area (Å²) in [5.74, 6) is 1.03. The Hall–Kier alpha value is -3.33. The minimum atomic E-state index is 0.758. The number of benzene rings is 2. The van der Waals surface area contributed by atoms with Crippen molar-refractivity contribution in [3.8, 4) is 0 Å². The fourth-order valence-corrected chi connectivity index (χ4v) is 3.36. The number of nitrogens with zero attached hydrogens (tertiary/aromatic N) is 2. The van der Waals surface area contributed by atoms with Gasteiger partial charge in [0.25, 0.3) is 0 Å². The molecule has 0 saturated heterocycles. The number of rotatable bonds is 5. The van der Waals surface area contributed by atoms with Crippen molar-refractivity contribution in [2.24, 2.45) is 0 Å². The van der Waals surface area contributed by atoms with Gasteiger partial charge < -0.3 is 5.32 Å². The van der Waals surface area contributed by atoms with Crippen LogP contribution in [0.3, 0.4) is 0 Å². The van der Waals surface area contributed by atoms with E-state index in [-0.39, 0.29) is 0 Å². The zero-order valence-electron chi connectivity index (χ0n) is 15.7. The lowest BCUT2D eigenvalue weighted by Crippen LogP contribution is -2.05. The average Bonchev–Trinajstić information content (AvgIpc) is 3.04. The Kier molecular flexibility index (Phi) is 4.75. The van der Waals surface area contributed by atoms with E-state index < -0.39 is 0 Å². The molecular weight excluding hydrogens is 330 g/mol. The zero-order chi connectivity index (χ0) is 18.6. The number of anilines is 1. The van der Waals surface area contributed by atoms with E-state index in [0.717, 1.165) is 29.3 Å². The molecule has 27 heavy (non-hydrogen) atoms. The van der Waals surface area contributed by atoms with Crippen LogP contribution >= 0.6 is 0 Å². The van der Waals surface area contributed by atoms with Crippen LogP contribution in [-0.2, 0) is 6.54 Å². The molecule has 4 rings (SSSR count). The molecule has 2 aromatic carbocycles. The summed E-state index contributed by atoms with van der Waals surface area (Å²) in [6.45, 7) is 4.99. The van der Waals surface area contributed by atoms with Crippen LogP contribution in [0.5, 0.6) is 0 Å². The molecule has 0 saturated carbocycles. The third-order valence-electron chi connectivity index (χ3n) is 4.61. The molecule has 3 heteroatoms. The molecule has 0 bridgehead atoms. The number of aryl methyl sites for hydroxylation is 2. The largest absolute Gasteiger partial charge is 0.365 e. The Labute approximate surface area is 160 Å². The Balaban J connectivity index is 1.74. The predicted octanol–water partition coefficient (Wildman–Crippen LogP) is 5.73. The molecule has 1 N–H and O–H groups in total. The molecule has 0 fully saturated rings. The average molecular weight is 353 g/mol. The van der Waals surface area contributed by atoms with Gasteiger partial charge in [-0.15, -0.1) is 0 Å². The highest BCUT2D eigenvalue weighted by atomic mass is 15.1. The van der Waals surface area contributed by atoms with Gasteiger partial charge >= 0.3 is 0 Å². The summed E-state index contributed by atoms with van der Waals surface area (Å²) in [5, 5.41) is 3.60. The zero-order valence-corrected chi connectivity index (χ0v) is 15.7. The SMILES string of the molecule is Cc1cc(C)n2c(NCc3ccccc3)c(/C=C/c3ccccc3)nc2c1. The fourth-order valence-electron chi connectivity index (χ4n) is 3.36. The van der Waals surface area contributed by atoms with Crippen molar-refractivity contribution < 1.29 is 0 Å². The smallest absolute Gasteiger partial charge is 0.139 e. The van der Waals surface area contributed by atoms with Crippen LogP contribution in [0.25, 0.3) is 17.8 Å². The number of aromatic nitrogens is 2. The van der Waals surface area contributed by atoms with Gasteiger partial charge in [0.05, 0.1) is 0 Å². The van der Waals surface area contributed by atoms with Gasteiger partial charge in [0.15, 0.2) is 0 Å². The van der Waals surface area contributed by atoms with Crippen molar-refractivity contribution in [2.45, 2.75) is 20.4 Å². The predicted molar refractivity (Wildman–Crippen MR) is 114 cm³/mol. The van der Waals surface area contributed by atoms with Gasteiger partial charge in [-0.1, -0.05) is 66.7 Å². The first-order chi connectivity index (χ1) is 13.2. The van der Waals surface area contributed by atoms with Crippen molar-refractivity contribution in [2.75, 3.05) is 5.32 Å². The van der Waals surface area contributed by atoms with Crippen LogP contribution in [-0.4, -0.2) is 9.38 Å². The summed E-state index contributed by atoms with van der Waals surface area (Å²) in [4.78, 5) is 4.88. The minimum Gasteiger partial charge on any atom is -0.365 e. The molecular formula is C24H23N3. The molecule has 0 amide bonds. The first-order valence-corrected chi connectivity index (χ1v) is 9.21. The van der Waals surface area contributed by atoms with Gasteiger partial charge in [-0.25, -0.2) is 4.98 Å². The number of hydrogen-bond donors (Lipinski definition) is 1. The van der Waals surface area contributed by atoms with E-state index in [2.05, 4.69) is 84.2 Å². The monoisotopic (exact) mass is 353 g/mol. The Morgan fingerprint density at radius 2 is 1.59 bits per heavy atom. The maximum atomic E-state index is 4.88. The fraction of sp³-hybridized carbons (Fsp3) is 0.125. The van der Waals surface area contributed by atoms with Crippen molar-refractivity contribution in [1.82, 2.24) is 9.38 Å². The van der Waals surface area contributed by atoms with E-state index in [4.69, 9.17) is 4.98 Å². The number of fused-ring (bicyclic) bond motifs is 1. The van der Waals surface area contributed by atoms with E-state index >= 15 is 0 Å². The van der Waals surface area contributed by atoms with Crippen LogP contribution in [0.2, 0.25) is 0 Å². The second-order valence-corrected chi connectivity index (χ2v) is 6.80. The maximum absolute atomic E-state index is 4.88. The van der Waals surface area contributed by atoms with Crippen molar-refractivity contribution in [1.29, 1.82) is 0 Å². The number of nitrogens with one attached hydrogen (secondary N) is 1. The summed E-state index contributed by atoms with van der Waals surface area (Å²) in [6, 6.07) is 25.1. The van der Waals surface area contributed by atoms with E-state index in [1.54, 1.807) is 0 Å². The van der Waals surface area contributed by atoms with Crippen molar-refractivity contribution in [3.63, 3.8) is 0 Å². The number of pyridine rings is 1. The van der Waals surface area contributed by atoms with Crippen LogP contribution < -0.4 is 5.32 Å². The highest BCUT2D eigenvalue weighted by molar-refractivity contribution is 5.76. The van der Waals surface area contributed by atoms with Crippen LogP contribution in [0, 0.1) is 13.8 Å². The molecule has 0 aliphatic carbocycles. The summed E-state index contributed by atoms with van der Waals surface area (Å²) < 4.78 is 2.20. The standard InChI is InChI=1S/C24H23N3/c1-18-15-19(2)27-23(16-18)26-22(14-13-20-9-5-3-6-10-20)24(27)25-17-21-11-7-4-8-12-21/h3-16,25H,17H2,1-2H3/b14-13+. The second-order valence-electron chi connectivity index (χ2n) is 6.80. The molecule has 2 aromatic heterocycles. The van der Waals surface area contributed by atoms with Crippen molar-refractivity contribution >= 4 is 23.6 Å². The lowest BCUT2D eigenvalue weighted by atomic mass is 10.2. The van der Waals surface area contributed by atoms with Gasteiger partial charge in [0.2, 0.25) is 0 Å². The topological polar surface area (TPSA) is 29.3 Å². The normalized spacial score (nSPS) is 11.3. The van der Waals surface area contributed by atoms with Gasteiger partial charge in [-0.3, -0.25) is 4.40 Å². The minimum absolute atomic E-state index is 0.758. The first kappa shape index (κ1) is 17.1. The molecule has 2 heterocycles. The highest BCUT2D eigenvalue weighted by Gasteiger charge is 2.12. The second kappa shape index (κ2) is 7.50. The quantitative estimate of drug-likeness (QED) is 0.496. The summed E-state index contributed by atoms with van der Waals surface area (Å²) in [5.41, 5.74) is 6.72. The molecule has 0 atom stereocenters. The van der Waals surface area contributed by atoms with E-state index in [0.29, 0.717) is 0 Å². The van der Waals surface area contributed by atoms with Gasteiger partial charge in [0, 0.05) is 12.2 Å². The van der Waals surface area contributed by atoms with Crippen LogP contribution in [0.15, 0.2) is 72.8 Å². The molecule has 0 spiro atoms. The summed E-state index contributed by atoms with van der Waals surface area (Å²) >= 11 is 0. The maximum Gasteiger partial charge on any atom is 0.139 e. The Morgan fingerprint density at radius 1 is 0.889 bits per heavy atom. The van der Waals surface area contributed by atoms with Gasteiger partial charge in [0.1, 0.15) is 17.2 Å². The van der Waals surface area contributed by atoms with E-state index in [9.17, 15) is 0 Å². The van der Waals surface area contributed by atoms with Gasteiger partial charge in [-0.05, 0) is 48.7 Å². The summed E-state index contributed by atoms with van der Waals surface area (Å²) in [6.07, 6.45) is 4.20. The number of imidazole rings is 1. The lowest BCUT2D eigenvalue weighted by Gasteiger charge is -2.10. The molecule has 0 radical (unpaired) electrons. The number of hydrogen-bond acceptors (Lipinski definition) is 2. The highest BCUT2D eigenvalue weighted by Crippen LogP contribution is 2.24. The molecule has 0 unspecified atom stereocenters. The molecule has 0 aliphatic rings. The molecule has 0 aliphatic heterocycles. The van der Waals surface area contributed by atoms with Crippen LogP contribution in [0.1, 0.15) is 28.1 Å². The Bertz CT molecular complexity index is 1080. The molecule has 134 valence electrons. The summed E-state index contributed by atoms with van der Waals surface area (Å²) in [7, 11) is 0. The van der Waals surface area contributed by atoms with Crippen LogP contribution in [0.4, 0.5) is 5.82 Å². The lowest BCUT2D eigenvalue weighted by molar-refractivity contribution is 1.04. The Morgan fingerprint density at radius 3 is 2.33 bits per heavy atom. The van der Waals surface area contributed by atoms with Crippen molar-refractivity contribution in [3.05, 3.63) is 101 Å². The third-order valence-corrected chi connectivity index (χ3v) is 4.61. The van der Waals surface area contributed by atoms with E-state index in [1.165, 1.54) is 16.8 Å². The third kappa shape index (κ3) is 3.77. The molecule has 3 nitrogen and oxygen atoms in total. The van der Waals surface area contributed by atoms with Gasteiger partial charge in [-0.2, -0.15) is 0 Å². The first-order valence-electron chi connectivity index (χ1n) is 9.21.